The number of fused-ring (bicyclic) bond motifs is 1. The Bertz CT molecular complexity index is 1570. The van der Waals surface area contributed by atoms with Gasteiger partial charge in [0, 0.05) is 21.8 Å². The molecule has 1 amide bonds. The van der Waals surface area contributed by atoms with Gasteiger partial charge in [0.15, 0.2) is 18.1 Å². The van der Waals surface area contributed by atoms with Crippen LogP contribution in [-0.2, 0) is 11.0 Å². The highest BCUT2D eigenvalue weighted by Crippen LogP contribution is 2.40. The zero-order valence-electron chi connectivity index (χ0n) is 19.7. The minimum absolute atomic E-state index is 0.00641. The van der Waals surface area contributed by atoms with Crippen LogP contribution in [0.3, 0.4) is 0 Å². The Hall–Kier alpha value is -3.89. The second-order valence-electron chi connectivity index (χ2n) is 7.86. The Kier molecular flexibility index (Phi) is 7.75. The number of methoxy groups -OCH3 is 2. The molecule has 4 aromatic rings. The highest BCUT2D eigenvalue weighted by Gasteiger charge is 2.39. The van der Waals surface area contributed by atoms with Gasteiger partial charge in [-0.05, 0) is 48.0 Å². The maximum Gasteiger partial charge on any atom is 0.450 e. The molecule has 0 aliphatic rings. The standard InChI is InChI=1S/C26H18Cl2F3NO6/c1-35-19-6-3-13(7-21(19)36-2)23-24(34)18-5-4-17(11-20(18)38-25(23)26(29,30)31)37-12-22(33)32-16-9-14(27)8-15(28)10-16/h3-11H,12H2,1-2H3,(H,32,33). The topological polar surface area (TPSA) is 87.0 Å². The van der Waals surface area contributed by atoms with Crippen molar-refractivity contribution in [1.82, 2.24) is 0 Å². The lowest BCUT2D eigenvalue weighted by Gasteiger charge is -2.15. The lowest BCUT2D eigenvalue weighted by molar-refractivity contribution is -0.152. The van der Waals surface area contributed by atoms with E-state index in [0.29, 0.717) is 15.7 Å². The first-order chi connectivity index (χ1) is 18.0. The zero-order valence-corrected chi connectivity index (χ0v) is 21.3. The largest absolute Gasteiger partial charge is 0.493 e. The molecule has 4 rings (SSSR count). The maximum atomic E-state index is 14.0. The summed E-state index contributed by atoms with van der Waals surface area (Å²) in [5, 5.41) is 3.04. The Morgan fingerprint density at radius 1 is 0.947 bits per heavy atom. The Balaban J connectivity index is 1.67. The van der Waals surface area contributed by atoms with Crippen molar-refractivity contribution in [2.24, 2.45) is 0 Å². The third kappa shape index (κ3) is 5.81. The van der Waals surface area contributed by atoms with Crippen molar-refractivity contribution in [3.8, 4) is 28.4 Å². The third-order valence-corrected chi connectivity index (χ3v) is 5.75. The maximum absolute atomic E-state index is 14.0. The molecular weight excluding hydrogens is 550 g/mol. The van der Waals surface area contributed by atoms with E-state index in [4.69, 9.17) is 41.8 Å². The number of amides is 1. The van der Waals surface area contributed by atoms with Gasteiger partial charge in [0.05, 0.1) is 25.2 Å². The minimum atomic E-state index is -5.00. The van der Waals surface area contributed by atoms with Crippen LogP contribution in [0.2, 0.25) is 10.0 Å². The number of halogens is 5. The lowest BCUT2D eigenvalue weighted by atomic mass is 10.0. The molecule has 0 bridgehead atoms. The number of carbonyl (C=O) groups is 1. The summed E-state index contributed by atoms with van der Waals surface area (Å²) in [6.45, 7) is -0.490. The van der Waals surface area contributed by atoms with Gasteiger partial charge in [-0.1, -0.05) is 29.3 Å². The summed E-state index contributed by atoms with van der Waals surface area (Å²) in [5.41, 5.74) is -1.69. The van der Waals surface area contributed by atoms with Gasteiger partial charge in [-0.15, -0.1) is 0 Å². The van der Waals surface area contributed by atoms with E-state index in [9.17, 15) is 22.8 Å². The van der Waals surface area contributed by atoms with E-state index in [1.165, 1.54) is 62.8 Å². The van der Waals surface area contributed by atoms with Gasteiger partial charge >= 0.3 is 6.18 Å². The van der Waals surface area contributed by atoms with E-state index in [1.54, 1.807) is 0 Å². The molecule has 7 nitrogen and oxygen atoms in total. The molecule has 0 saturated carbocycles. The van der Waals surface area contributed by atoms with Gasteiger partial charge in [-0.25, -0.2) is 0 Å². The minimum Gasteiger partial charge on any atom is -0.493 e. The van der Waals surface area contributed by atoms with Crippen LogP contribution in [0, 0.1) is 0 Å². The van der Waals surface area contributed by atoms with Gasteiger partial charge in [0.1, 0.15) is 11.3 Å². The van der Waals surface area contributed by atoms with Crippen molar-refractivity contribution in [3.63, 3.8) is 0 Å². The number of hydrogen-bond acceptors (Lipinski definition) is 6. The molecular formula is C26H18Cl2F3NO6. The molecule has 0 saturated heterocycles. The van der Waals surface area contributed by atoms with E-state index in [1.807, 2.05) is 0 Å². The summed E-state index contributed by atoms with van der Waals surface area (Å²) in [5.74, 6) is -1.65. The van der Waals surface area contributed by atoms with Crippen molar-refractivity contribution in [2.75, 3.05) is 26.1 Å². The van der Waals surface area contributed by atoms with Crippen LogP contribution in [0.15, 0.2) is 63.8 Å². The lowest BCUT2D eigenvalue weighted by Crippen LogP contribution is -2.20. The Morgan fingerprint density at radius 2 is 1.63 bits per heavy atom. The molecule has 1 heterocycles. The summed E-state index contributed by atoms with van der Waals surface area (Å²) in [6, 6.07) is 12.1. The predicted molar refractivity (Wildman–Crippen MR) is 137 cm³/mol. The first-order valence-corrected chi connectivity index (χ1v) is 11.5. The van der Waals surface area contributed by atoms with Gasteiger partial charge in [-0.2, -0.15) is 13.2 Å². The van der Waals surface area contributed by atoms with Crippen LogP contribution in [0.4, 0.5) is 18.9 Å². The number of ether oxygens (including phenoxy) is 3. The molecule has 0 fully saturated rings. The molecule has 0 unspecified atom stereocenters. The van der Waals surface area contributed by atoms with Crippen LogP contribution in [0.25, 0.3) is 22.1 Å². The molecule has 3 aromatic carbocycles. The number of anilines is 1. The molecule has 1 N–H and O–H groups in total. The van der Waals surface area contributed by atoms with E-state index in [-0.39, 0.29) is 33.8 Å². The number of rotatable bonds is 7. The first kappa shape index (κ1) is 27.2. The smallest absolute Gasteiger partial charge is 0.450 e. The number of benzene rings is 3. The molecule has 0 aliphatic heterocycles. The molecule has 198 valence electrons. The number of hydrogen-bond donors (Lipinski definition) is 1. The number of nitrogens with one attached hydrogen (secondary N) is 1. The fraction of sp³-hybridized carbons (Fsp3) is 0.154. The van der Waals surface area contributed by atoms with Gasteiger partial charge in [0.25, 0.3) is 5.91 Å². The summed E-state index contributed by atoms with van der Waals surface area (Å²) >= 11 is 11.8. The molecule has 1 aromatic heterocycles. The fourth-order valence-corrected chi connectivity index (χ4v) is 4.21. The first-order valence-electron chi connectivity index (χ1n) is 10.8. The Morgan fingerprint density at radius 3 is 2.26 bits per heavy atom. The van der Waals surface area contributed by atoms with E-state index in [0.717, 1.165) is 6.07 Å². The van der Waals surface area contributed by atoms with Gasteiger partial charge < -0.3 is 23.9 Å². The van der Waals surface area contributed by atoms with Crippen LogP contribution < -0.4 is 25.0 Å². The monoisotopic (exact) mass is 567 g/mol. The van der Waals surface area contributed by atoms with Crippen LogP contribution in [0.5, 0.6) is 17.2 Å². The van der Waals surface area contributed by atoms with E-state index >= 15 is 0 Å². The van der Waals surface area contributed by atoms with Crippen molar-refractivity contribution >= 4 is 45.8 Å². The summed E-state index contributed by atoms with van der Waals surface area (Å²) in [6.07, 6.45) is -5.00. The highest BCUT2D eigenvalue weighted by atomic mass is 35.5. The average Bonchev–Trinajstić information content (AvgIpc) is 2.85. The molecule has 0 spiro atoms. The molecule has 0 atom stereocenters. The molecule has 12 heteroatoms. The number of alkyl halides is 3. The van der Waals surface area contributed by atoms with Gasteiger partial charge in [-0.3, -0.25) is 9.59 Å². The van der Waals surface area contributed by atoms with Crippen molar-refractivity contribution in [3.05, 3.63) is 80.6 Å². The predicted octanol–water partition coefficient (Wildman–Crippen LogP) is 6.82. The summed E-state index contributed by atoms with van der Waals surface area (Å²) in [7, 11) is 2.69. The third-order valence-electron chi connectivity index (χ3n) is 5.31. The van der Waals surface area contributed by atoms with Gasteiger partial charge in [0.2, 0.25) is 11.2 Å². The summed E-state index contributed by atoms with van der Waals surface area (Å²) < 4.78 is 62.8. The summed E-state index contributed by atoms with van der Waals surface area (Å²) in [4.78, 5) is 25.5. The second kappa shape index (κ2) is 10.8. The van der Waals surface area contributed by atoms with Crippen molar-refractivity contribution in [2.45, 2.75) is 6.18 Å². The SMILES string of the molecule is COc1ccc(-c2c(C(F)(F)F)oc3cc(OCC(=O)Nc4cc(Cl)cc(Cl)c4)ccc3c2=O)cc1OC. The van der Waals surface area contributed by atoms with Crippen molar-refractivity contribution in [1.29, 1.82) is 0 Å². The van der Waals surface area contributed by atoms with Crippen LogP contribution in [-0.4, -0.2) is 26.7 Å². The Labute approximate surface area is 223 Å². The van der Waals surface area contributed by atoms with E-state index in [2.05, 4.69) is 5.32 Å². The molecule has 38 heavy (non-hydrogen) atoms. The quantitative estimate of drug-likeness (QED) is 0.263. The van der Waals surface area contributed by atoms with Crippen LogP contribution in [0.1, 0.15) is 5.76 Å². The zero-order chi connectivity index (χ0) is 27.6. The van der Waals surface area contributed by atoms with Crippen molar-refractivity contribution < 1.29 is 36.6 Å². The number of carbonyl (C=O) groups excluding carboxylic acids is 1. The molecule has 0 aliphatic carbocycles. The second-order valence-corrected chi connectivity index (χ2v) is 8.73. The normalized spacial score (nSPS) is 11.3. The van der Waals surface area contributed by atoms with E-state index < -0.39 is 35.4 Å². The average molecular weight is 568 g/mol. The van der Waals surface area contributed by atoms with Crippen LogP contribution >= 0.6 is 23.2 Å². The highest BCUT2D eigenvalue weighted by molar-refractivity contribution is 6.35. The molecule has 0 radical (unpaired) electrons. The fourth-order valence-electron chi connectivity index (χ4n) is 3.69.